The van der Waals surface area contributed by atoms with E-state index in [0.717, 1.165) is 31.4 Å². The molecule has 1 N–H and O–H groups in total. The summed E-state index contributed by atoms with van der Waals surface area (Å²) in [5.74, 6) is 1.10. The summed E-state index contributed by atoms with van der Waals surface area (Å²) in [6, 6.07) is 7.22. The Labute approximate surface area is 131 Å². The fraction of sp³-hybridized carbons (Fsp3) is 0.600. The van der Waals surface area contributed by atoms with Crippen molar-refractivity contribution in [1.29, 1.82) is 0 Å². The predicted octanol–water partition coefficient (Wildman–Crippen LogP) is 3.22. The first-order valence-electron chi connectivity index (χ1n) is 7.38. The van der Waals surface area contributed by atoms with Crippen LogP contribution >= 0.6 is 11.6 Å². The first-order chi connectivity index (χ1) is 10.00. The van der Waals surface area contributed by atoms with E-state index in [9.17, 15) is 8.42 Å². The average molecular weight is 332 g/mol. The normalized spacial score (nSPS) is 23.0. The zero-order valence-corrected chi connectivity index (χ0v) is 13.8. The van der Waals surface area contributed by atoms with Gasteiger partial charge in [0.25, 0.3) is 0 Å². The molecule has 0 unspecified atom stereocenters. The Morgan fingerprint density at radius 1 is 1.24 bits per heavy atom. The van der Waals surface area contributed by atoms with E-state index in [0.29, 0.717) is 11.6 Å². The highest BCUT2D eigenvalue weighted by atomic mass is 35.5. The van der Waals surface area contributed by atoms with Crippen LogP contribution in [0.25, 0.3) is 0 Å². The molecule has 2 atom stereocenters. The molecule has 0 bridgehead atoms. The number of sulfonamides is 1. The predicted molar refractivity (Wildman–Crippen MR) is 85.3 cm³/mol. The fourth-order valence-corrected chi connectivity index (χ4v) is 3.67. The molecule has 21 heavy (non-hydrogen) atoms. The monoisotopic (exact) mass is 331 g/mol. The van der Waals surface area contributed by atoms with Crippen LogP contribution in [0.1, 0.15) is 32.6 Å². The molecule has 2 rings (SSSR count). The second-order valence-corrected chi connectivity index (χ2v) is 7.92. The molecule has 1 aromatic rings. The summed E-state index contributed by atoms with van der Waals surface area (Å²) < 4.78 is 32.1. The second-order valence-electron chi connectivity index (χ2n) is 5.44. The highest BCUT2D eigenvalue weighted by Gasteiger charge is 2.28. The Kier molecular flexibility index (Phi) is 5.90. The van der Waals surface area contributed by atoms with E-state index in [1.807, 2.05) is 12.1 Å². The van der Waals surface area contributed by atoms with E-state index in [1.165, 1.54) is 0 Å². The Morgan fingerprint density at radius 3 is 2.57 bits per heavy atom. The van der Waals surface area contributed by atoms with Crippen molar-refractivity contribution in [3.8, 4) is 5.75 Å². The molecule has 1 fully saturated rings. The topological polar surface area (TPSA) is 55.4 Å². The molecule has 0 heterocycles. The summed E-state index contributed by atoms with van der Waals surface area (Å²) >= 11 is 5.84. The molecular formula is C15H22ClNO3S. The molecular weight excluding hydrogens is 310 g/mol. The van der Waals surface area contributed by atoms with Crippen LogP contribution in [0.5, 0.6) is 5.75 Å². The van der Waals surface area contributed by atoms with Crippen molar-refractivity contribution >= 4 is 21.6 Å². The standard InChI is InChI=1S/C15H22ClNO3S/c1-2-21(18,19)17-15-6-4-3-5-12(15)11-20-14-9-7-13(16)8-10-14/h7-10,12,15,17H,2-6,11H2,1H3/t12-,15+/m1/s1. The number of rotatable bonds is 6. The Hall–Kier alpha value is -0.780. The van der Waals surface area contributed by atoms with Gasteiger partial charge in [-0.25, -0.2) is 13.1 Å². The molecule has 6 heteroatoms. The van der Waals surface area contributed by atoms with Crippen LogP contribution in [0.15, 0.2) is 24.3 Å². The lowest BCUT2D eigenvalue weighted by Crippen LogP contribution is -2.44. The number of halogens is 1. The molecule has 0 radical (unpaired) electrons. The van der Waals surface area contributed by atoms with Crippen LogP contribution in [0, 0.1) is 5.92 Å². The molecule has 1 aliphatic rings. The van der Waals surface area contributed by atoms with E-state index in [1.54, 1.807) is 19.1 Å². The molecule has 1 aliphatic carbocycles. The van der Waals surface area contributed by atoms with Crippen molar-refractivity contribution in [3.05, 3.63) is 29.3 Å². The van der Waals surface area contributed by atoms with Gasteiger partial charge in [-0.05, 0) is 44.0 Å². The number of nitrogens with one attached hydrogen (secondary N) is 1. The maximum atomic E-state index is 11.8. The SMILES string of the molecule is CCS(=O)(=O)N[C@H]1CCCC[C@@H]1COc1ccc(Cl)cc1. The van der Waals surface area contributed by atoms with Gasteiger partial charge < -0.3 is 4.74 Å². The summed E-state index contributed by atoms with van der Waals surface area (Å²) in [6.45, 7) is 2.18. The number of ether oxygens (including phenoxy) is 1. The number of hydrogen-bond donors (Lipinski definition) is 1. The van der Waals surface area contributed by atoms with Crippen LogP contribution < -0.4 is 9.46 Å². The third-order valence-corrected chi connectivity index (χ3v) is 5.57. The first-order valence-corrected chi connectivity index (χ1v) is 9.41. The van der Waals surface area contributed by atoms with E-state index in [2.05, 4.69) is 4.72 Å². The Bertz CT molecular complexity index is 545. The van der Waals surface area contributed by atoms with Crippen molar-refractivity contribution in [1.82, 2.24) is 4.72 Å². The maximum absolute atomic E-state index is 11.8. The Morgan fingerprint density at radius 2 is 1.90 bits per heavy atom. The molecule has 1 aromatic carbocycles. The van der Waals surface area contributed by atoms with E-state index >= 15 is 0 Å². The van der Waals surface area contributed by atoms with Gasteiger partial charge >= 0.3 is 0 Å². The molecule has 0 saturated heterocycles. The highest BCUT2D eigenvalue weighted by Crippen LogP contribution is 2.26. The molecule has 0 spiro atoms. The number of hydrogen-bond acceptors (Lipinski definition) is 3. The number of benzene rings is 1. The van der Waals surface area contributed by atoms with Gasteiger partial charge in [0.05, 0.1) is 12.4 Å². The summed E-state index contributed by atoms with van der Waals surface area (Å²) in [7, 11) is -3.16. The third-order valence-electron chi connectivity index (χ3n) is 3.90. The van der Waals surface area contributed by atoms with Crippen LogP contribution in [-0.2, 0) is 10.0 Å². The summed E-state index contributed by atoms with van der Waals surface area (Å²) in [5.41, 5.74) is 0. The summed E-state index contributed by atoms with van der Waals surface area (Å²) in [5, 5.41) is 0.675. The van der Waals surface area contributed by atoms with Gasteiger partial charge in [-0.1, -0.05) is 24.4 Å². The maximum Gasteiger partial charge on any atom is 0.211 e. The lowest BCUT2D eigenvalue weighted by molar-refractivity contribution is 0.180. The molecule has 118 valence electrons. The Balaban J connectivity index is 1.94. The minimum atomic E-state index is -3.16. The van der Waals surface area contributed by atoms with Crippen molar-refractivity contribution < 1.29 is 13.2 Å². The molecule has 0 amide bonds. The van der Waals surface area contributed by atoms with Gasteiger partial charge in [0.15, 0.2) is 0 Å². The van der Waals surface area contributed by atoms with Gasteiger partial charge in [-0.2, -0.15) is 0 Å². The minimum absolute atomic E-state index is 0.0176. The van der Waals surface area contributed by atoms with Gasteiger partial charge in [0.2, 0.25) is 10.0 Å². The minimum Gasteiger partial charge on any atom is -0.493 e. The molecule has 0 aromatic heterocycles. The van der Waals surface area contributed by atoms with E-state index in [-0.39, 0.29) is 17.7 Å². The van der Waals surface area contributed by atoms with Crippen molar-refractivity contribution in [2.75, 3.05) is 12.4 Å². The smallest absolute Gasteiger partial charge is 0.211 e. The van der Waals surface area contributed by atoms with Crippen molar-refractivity contribution in [2.45, 2.75) is 38.6 Å². The zero-order chi connectivity index (χ0) is 15.3. The third kappa shape index (κ3) is 5.16. The molecule has 0 aliphatic heterocycles. The largest absolute Gasteiger partial charge is 0.493 e. The van der Waals surface area contributed by atoms with Crippen molar-refractivity contribution in [2.24, 2.45) is 5.92 Å². The van der Waals surface area contributed by atoms with E-state index < -0.39 is 10.0 Å². The molecule has 1 saturated carbocycles. The average Bonchev–Trinajstić information content (AvgIpc) is 2.48. The lowest BCUT2D eigenvalue weighted by atomic mass is 9.86. The van der Waals surface area contributed by atoms with Crippen LogP contribution in [0.4, 0.5) is 0 Å². The van der Waals surface area contributed by atoms with Gasteiger partial charge in [-0.3, -0.25) is 0 Å². The van der Waals surface area contributed by atoms with Gasteiger partial charge in [0.1, 0.15) is 5.75 Å². The quantitative estimate of drug-likeness (QED) is 0.870. The first kappa shape index (κ1) is 16.6. The van der Waals surface area contributed by atoms with Gasteiger partial charge in [-0.15, -0.1) is 0 Å². The second kappa shape index (κ2) is 7.47. The summed E-state index contributed by atoms with van der Waals surface area (Å²) in [6.07, 6.45) is 4.06. The van der Waals surface area contributed by atoms with Gasteiger partial charge in [0, 0.05) is 17.0 Å². The van der Waals surface area contributed by atoms with Crippen LogP contribution in [-0.4, -0.2) is 26.8 Å². The fourth-order valence-electron chi connectivity index (χ4n) is 2.61. The zero-order valence-electron chi connectivity index (χ0n) is 12.2. The van der Waals surface area contributed by atoms with Crippen LogP contribution in [0.2, 0.25) is 5.02 Å². The molecule has 4 nitrogen and oxygen atoms in total. The van der Waals surface area contributed by atoms with E-state index in [4.69, 9.17) is 16.3 Å². The summed E-state index contributed by atoms with van der Waals surface area (Å²) in [4.78, 5) is 0. The highest BCUT2D eigenvalue weighted by molar-refractivity contribution is 7.89. The van der Waals surface area contributed by atoms with Crippen LogP contribution in [0.3, 0.4) is 0 Å². The van der Waals surface area contributed by atoms with Crippen molar-refractivity contribution in [3.63, 3.8) is 0 Å². The lowest BCUT2D eigenvalue weighted by Gasteiger charge is -2.31.